The Kier molecular flexibility index (Phi) is 3.89. The highest BCUT2D eigenvalue weighted by molar-refractivity contribution is 6.33. The lowest BCUT2D eigenvalue weighted by Gasteiger charge is -2.40. The smallest absolute Gasteiger partial charge is 0.138 e. The molecule has 1 N–H and O–H groups in total. The molecule has 1 aliphatic carbocycles. The zero-order valence-electron chi connectivity index (χ0n) is 12.5. The summed E-state index contributed by atoms with van der Waals surface area (Å²) in [6.07, 6.45) is 8.24. The third-order valence-electron chi connectivity index (χ3n) is 4.47. The fourth-order valence-corrected chi connectivity index (χ4v) is 3.40. The molecular weight excluding hydrogens is 284 g/mol. The van der Waals surface area contributed by atoms with E-state index < -0.39 is 0 Å². The number of nitrogens with zero attached hydrogens (tertiary/aromatic N) is 3. The van der Waals surface area contributed by atoms with E-state index in [0.717, 1.165) is 11.4 Å². The minimum absolute atomic E-state index is 0.292. The normalized spacial score (nSPS) is 21.2. The molecule has 1 aromatic heterocycles. The van der Waals surface area contributed by atoms with Gasteiger partial charge in [-0.15, -0.1) is 0 Å². The highest BCUT2D eigenvalue weighted by Gasteiger charge is 2.32. The van der Waals surface area contributed by atoms with Gasteiger partial charge in [-0.1, -0.05) is 44.4 Å². The highest BCUT2D eigenvalue weighted by atomic mass is 35.5. The van der Waals surface area contributed by atoms with Crippen LogP contribution in [0, 0.1) is 5.41 Å². The summed E-state index contributed by atoms with van der Waals surface area (Å²) < 4.78 is 1.72. The SMILES string of the molecule is CC1(C)CCCCC1Nc1cccc(Cl)c1-n1cncn1. The van der Waals surface area contributed by atoms with Crippen LogP contribution in [0.2, 0.25) is 5.02 Å². The fourth-order valence-electron chi connectivity index (χ4n) is 3.14. The predicted octanol–water partition coefficient (Wildman–Crippen LogP) is 4.30. The first-order valence-electron chi connectivity index (χ1n) is 7.48. The van der Waals surface area contributed by atoms with Crippen molar-refractivity contribution in [2.45, 2.75) is 45.6 Å². The van der Waals surface area contributed by atoms with Gasteiger partial charge < -0.3 is 5.32 Å². The monoisotopic (exact) mass is 304 g/mol. The first-order valence-corrected chi connectivity index (χ1v) is 7.86. The first-order chi connectivity index (χ1) is 10.1. The predicted molar refractivity (Wildman–Crippen MR) is 86.0 cm³/mol. The number of hydrogen-bond acceptors (Lipinski definition) is 3. The largest absolute Gasteiger partial charge is 0.380 e. The molecule has 5 heteroatoms. The van der Waals surface area contributed by atoms with Crippen molar-refractivity contribution in [1.29, 1.82) is 0 Å². The molecule has 1 heterocycles. The molecule has 0 amide bonds. The van der Waals surface area contributed by atoms with Gasteiger partial charge in [0.25, 0.3) is 0 Å². The van der Waals surface area contributed by atoms with E-state index in [1.54, 1.807) is 11.0 Å². The van der Waals surface area contributed by atoms with Crippen molar-refractivity contribution in [2.24, 2.45) is 5.41 Å². The summed E-state index contributed by atoms with van der Waals surface area (Å²) in [5, 5.41) is 8.59. The molecule has 1 atom stereocenters. The lowest BCUT2D eigenvalue weighted by molar-refractivity contribution is 0.217. The fraction of sp³-hybridized carbons (Fsp3) is 0.500. The summed E-state index contributed by atoms with van der Waals surface area (Å²) in [7, 11) is 0. The summed E-state index contributed by atoms with van der Waals surface area (Å²) in [5.41, 5.74) is 2.19. The van der Waals surface area contributed by atoms with Crippen molar-refractivity contribution in [2.75, 3.05) is 5.32 Å². The molecule has 112 valence electrons. The second-order valence-electron chi connectivity index (χ2n) is 6.41. The summed E-state index contributed by atoms with van der Waals surface area (Å²) >= 11 is 6.38. The van der Waals surface area contributed by atoms with Crippen LogP contribution in [0.5, 0.6) is 0 Å². The number of hydrogen-bond donors (Lipinski definition) is 1. The lowest BCUT2D eigenvalue weighted by atomic mass is 9.73. The molecule has 0 radical (unpaired) electrons. The van der Waals surface area contributed by atoms with Gasteiger partial charge in [-0.3, -0.25) is 0 Å². The molecule has 1 aliphatic rings. The zero-order chi connectivity index (χ0) is 14.9. The zero-order valence-corrected chi connectivity index (χ0v) is 13.3. The Labute approximate surface area is 130 Å². The quantitative estimate of drug-likeness (QED) is 0.919. The minimum atomic E-state index is 0.292. The highest BCUT2D eigenvalue weighted by Crippen LogP contribution is 2.39. The van der Waals surface area contributed by atoms with Crippen LogP contribution in [0.3, 0.4) is 0 Å². The molecule has 21 heavy (non-hydrogen) atoms. The van der Waals surface area contributed by atoms with Crippen molar-refractivity contribution >= 4 is 17.3 Å². The molecule has 1 fully saturated rings. The Bertz CT molecular complexity index is 607. The lowest BCUT2D eigenvalue weighted by Crippen LogP contribution is -2.39. The van der Waals surface area contributed by atoms with E-state index in [1.807, 2.05) is 12.1 Å². The van der Waals surface area contributed by atoms with E-state index in [4.69, 9.17) is 11.6 Å². The third kappa shape index (κ3) is 2.91. The number of para-hydroxylation sites is 1. The van der Waals surface area contributed by atoms with Crippen LogP contribution in [0.15, 0.2) is 30.9 Å². The van der Waals surface area contributed by atoms with E-state index in [2.05, 4.69) is 35.3 Å². The van der Waals surface area contributed by atoms with Crippen molar-refractivity contribution < 1.29 is 0 Å². The number of benzene rings is 1. The van der Waals surface area contributed by atoms with Gasteiger partial charge in [-0.05, 0) is 30.4 Å². The Morgan fingerprint density at radius 3 is 2.90 bits per heavy atom. The molecule has 0 saturated heterocycles. The van der Waals surface area contributed by atoms with Gasteiger partial charge in [0.2, 0.25) is 0 Å². The van der Waals surface area contributed by atoms with Gasteiger partial charge in [0.05, 0.1) is 10.7 Å². The molecule has 1 aromatic carbocycles. The Balaban J connectivity index is 1.94. The topological polar surface area (TPSA) is 42.7 Å². The first kappa shape index (κ1) is 14.4. The summed E-state index contributed by atoms with van der Waals surface area (Å²) in [6, 6.07) is 6.37. The van der Waals surface area contributed by atoms with Crippen molar-refractivity contribution in [1.82, 2.24) is 14.8 Å². The van der Waals surface area contributed by atoms with E-state index in [1.165, 1.54) is 32.0 Å². The second kappa shape index (κ2) is 5.68. The Morgan fingerprint density at radius 1 is 1.33 bits per heavy atom. The van der Waals surface area contributed by atoms with E-state index in [-0.39, 0.29) is 0 Å². The van der Waals surface area contributed by atoms with Crippen LogP contribution < -0.4 is 5.32 Å². The second-order valence-corrected chi connectivity index (χ2v) is 6.81. The molecule has 0 aliphatic heterocycles. The number of anilines is 1. The van der Waals surface area contributed by atoms with Crippen molar-refractivity contribution in [3.63, 3.8) is 0 Å². The summed E-state index contributed by atoms with van der Waals surface area (Å²) in [5.74, 6) is 0. The maximum Gasteiger partial charge on any atom is 0.138 e. The minimum Gasteiger partial charge on any atom is -0.380 e. The molecule has 1 unspecified atom stereocenters. The third-order valence-corrected chi connectivity index (χ3v) is 4.78. The van der Waals surface area contributed by atoms with E-state index in [9.17, 15) is 0 Å². The van der Waals surface area contributed by atoms with Gasteiger partial charge in [-0.25, -0.2) is 9.67 Å². The number of halogens is 1. The van der Waals surface area contributed by atoms with Gasteiger partial charge in [0, 0.05) is 6.04 Å². The average Bonchev–Trinajstić information content (AvgIpc) is 2.95. The number of rotatable bonds is 3. The average molecular weight is 305 g/mol. The molecule has 2 aromatic rings. The van der Waals surface area contributed by atoms with Crippen LogP contribution >= 0.6 is 11.6 Å². The number of nitrogens with one attached hydrogen (secondary N) is 1. The summed E-state index contributed by atoms with van der Waals surface area (Å²) in [4.78, 5) is 4.02. The van der Waals surface area contributed by atoms with Crippen LogP contribution in [-0.4, -0.2) is 20.8 Å². The molecule has 0 bridgehead atoms. The molecule has 0 spiro atoms. The summed E-state index contributed by atoms with van der Waals surface area (Å²) in [6.45, 7) is 4.67. The van der Waals surface area contributed by atoms with E-state index in [0.29, 0.717) is 16.5 Å². The standard InChI is InChI=1S/C16H21ClN4/c1-16(2)9-4-3-8-14(16)20-13-7-5-6-12(17)15(13)21-11-18-10-19-21/h5-7,10-11,14,20H,3-4,8-9H2,1-2H3. The molecule has 3 rings (SSSR count). The van der Waals surface area contributed by atoms with Gasteiger partial charge in [0.15, 0.2) is 0 Å². The van der Waals surface area contributed by atoms with Gasteiger partial charge in [0.1, 0.15) is 18.3 Å². The van der Waals surface area contributed by atoms with E-state index >= 15 is 0 Å². The van der Waals surface area contributed by atoms with Crippen LogP contribution in [0.4, 0.5) is 5.69 Å². The molecular formula is C16H21ClN4. The van der Waals surface area contributed by atoms with Gasteiger partial charge >= 0.3 is 0 Å². The molecule has 1 saturated carbocycles. The Morgan fingerprint density at radius 2 is 2.19 bits per heavy atom. The maximum atomic E-state index is 6.38. The van der Waals surface area contributed by atoms with Gasteiger partial charge in [-0.2, -0.15) is 5.10 Å². The Hall–Kier alpha value is -1.55. The van der Waals surface area contributed by atoms with Crippen LogP contribution in [-0.2, 0) is 0 Å². The van der Waals surface area contributed by atoms with Crippen LogP contribution in [0.1, 0.15) is 39.5 Å². The van der Waals surface area contributed by atoms with Crippen molar-refractivity contribution in [3.8, 4) is 5.69 Å². The van der Waals surface area contributed by atoms with Crippen LogP contribution in [0.25, 0.3) is 5.69 Å². The maximum absolute atomic E-state index is 6.38. The molecule has 4 nitrogen and oxygen atoms in total. The number of aromatic nitrogens is 3. The van der Waals surface area contributed by atoms with Crippen molar-refractivity contribution in [3.05, 3.63) is 35.9 Å².